The standard InChI is InChI=1S/C14H19NO2S/c1-9-11(14(16)17)5-3-6-12(9)15-13-7-4-8-18-10(13)2/h3,5-6,10,13,15H,4,7-8H2,1-2H3,(H,16,17). The molecule has 0 saturated carbocycles. The van der Waals surface area contributed by atoms with Crippen molar-refractivity contribution in [3.8, 4) is 0 Å². The number of anilines is 1. The second-order valence-electron chi connectivity index (χ2n) is 4.75. The van der Waals surface area contributed by atoms with E-state index in [0.29, 0.717) is 16.9 Å². The van der Waals surface area contributed by atoms with Crippen LogP contribution in [0.4, 0.5) is 5.69 Å². The minimum Gasteiger partial charge on any atom is -0.478 e. The van der Waals surface area contributed by atoms with E-state index in [0.717, 1.165) is 17.7 Å². The van der Waals surface area contributed by atoms with Gasteiger partial charge in [0.2, 0.25) is 0 Å². The van der Waals surface area contributed by atoms with Crippen molar-refractivity contribution in [3.63, 3.8) is 0 Å². The van der Waals surface area contributed by atoms with Crippen molar-refractivity contribution in [3.05, 3.63) is 29.3 Å². The third kappa shape index (κ3) is 2.80. The fourth-order valence-corrected chi connectivity index (χ4v) is 3.48. The first kappa shape index (κ1) is 13.3. The third-order valence-corrected chi connectivity index (χ3v) is 4.89. The van der Waals surface area contributed by atoms with Gasteiger partial charge in [-0.2, -0.15) is 11.8 Å². The molecule has 3 nitrogen and oxygen atoms in total. The van der Waals surface area contributed by atoms with E-state index >= 15 is 0 Å². The third-order valence-electron chi connectivity index (χ3n) is 3.51. The molecule has 1 saturated heterocycles. The van der Waals surface area contributed by atoms with Gasteiger partial charge in [0, 0.05) is 17.0 Å². The van der Waals surface area contributed by atoms with Crippen molar-refractivity contribution in [2.45, 2.75) is 38.0 Å². The van der Waals surface area contributed by atoms with E-state index in [1.807, 2.05) is 24.8 Å². The Morgan fingerprint density at radius 3 is 2.94 bits per heavy atom. The molecule has 2 atom stereocenters. The number of carboxylic acid groups (broad SMARTS) is 1. The molecular formula is C14H19NO2S. The maximum Gasteiger partial charge on any atom is 0.336 e. The highest BCUT2D eigenvalue weighted by atomic mass is 32.2. The predicted octanol–water partition coefficient (Wildman–Crippen LogP) is 3.39. The van der Waals surface area contributed by atoms with Crippen LogP contribution in [0.15, 0.2) is 18.2 Å². The summed E-state index contributed by atoms with van der Waals surface area (Å²) in [6, 6.07) is 5.86. The molecule has 0 bridgehead atoms. The van der Waals surface area contributed by atoms with Gasteiger partial charge < -0.3 is 10.4 Å². The number of carboxylic acids is 1. The molecule has 2 unspecified atom stereocenters. The number of rotatable bonds is 3. The average molecular weight is 265 g/mol. The van der Waals surface area contributed by atoms with Crippen LogP contribution in [0, 0.1) is 6.92 Å². The highest BCUT2D eigenvalue weighted by molar-refractivity contribution is 8.00. The molecule has 2 rings (SSSR count). The number of aromatic carboxylic acids is 1. The quantitative estimate of drug-likeness (QED) is 0.879. The number of thioether (sulfide) groups is 1. The molecule has 1 heterocycles. The molecule has 1 fully saturated rings. The summed E-state index contributed by atoms with van der Waals surface area (Å²) >= 11 is 1.98. The van der Waals surface area contributed by atoms with Crippen LogP contribution in [0.3, 0.4) is 0 Å². The van der Waals surface area contributed by atoms with Gasteiger partial charge in [-0.05, 0) is 43.2 Å². The first-order valence-corrected chi connectivity index (χ1v) is 7.35. The van der Waals surface area contributed by atoms with Gasteiger partial charge in [-0.1, -0.05) is 13.0 Å². The molecule has 0 aromatic heterocycles. The highest BCUT2D eigenvalue weighted by Crippen LogP contribution is 2.29. The Morgan fingerprint density at radius 1 is 1.50 bits per heavy atom. The van der Waals surface area contributed by atoms with E-state index in [1.165, 1.54) is 12.2 Å². The number of carbonyl (C=O) groups is 1. The Balaban J connectivity index is 2.18. The Hall–Kier alpha value is -1.16. The highest BCUT2D eigenvalue weighted by Gasteiger charge is 2.22. The largest absolute Gasteiger partial charge is 0.478 e. The molecule has 0 radical (unpaired) electrons. The number of hydrogen-bond donors (Lipinski definition) is 2. The lowest BCUT2D eigenvalue weighted by molar-refractivity contribution is 0.0696. The zero-order valence-electron chi connectivity index (χ0n) is 10.8. The first-order valence-electron chi connectivity index (χ1n) is 6.30. The monoisotopic (exact) mass is 265 g/mol. The Morgan fingerprint density at radius 2 is 2.28 bits per heavy atom. The Kier molecular flexibility index (Phi) is 4.17. The molecule has 0 aliphatic carbocycles. The van der Waals surface area contributed by atoms with Crippen molar-refractivity contribution in [1.29, 1.82) is 0 Å². The number of nitrogens with one attached hydrogen (secondary N) is 1. The summed E-state index contributed by atoms with van der Waals surface area (Å²) in [6.45, 7) is 4.10. The maximum absolute atomic E-state index is 11.1. The molecule has 1 aromatic rings. The van der Waals surface area contributed by atoms with Crippen molar-refractivity contribution in [2.75, 3.05) is 11.1 Å². The van der Waals surface area contributed by atoms with Gasteiger partial charge in [-0.3, -0.25) is 0 Å². The van der Waals surface area contributed by atoms with Crippen LogP contribution in [-0.2, 0) is 0 Å². The Labute approximate surface area is 112 Å². The molecule has 1 aromatic carbocycles. The molecule has 0 amide bonds. The van der Waals surface area contributed by atoms with Crippen LogP contribution in [0.25, 0.3) is 0 Å². The van der Waals surface area contributed by atoms with Gasteiger partial charge in [0.15, 0.2) is 0 Å². The first-order chi connectivity index (χ1) is 8.59. The lowest BCUT2D eigenvalue weighted by Gasteiger charge is -2.30. The van der Waals surface area contributed by atoms with Crippen LogP contribution in [0.5, 0.6) is 0 Å². The molecule has 1 aliphatic rings. The summed E-state index contributed by atoms with van der Waals surface area (Å²) in [5.41, 5.74) is 2.16. The fraction of sp³-hybridized carbons (Fsp3) is 0.500. The summed E-state index contributed by atoms with van der Waals surface area (Å²) in [7, 11) is 0. The van der Waals surface area contributed by atoms with Gasteiger partial charge >= 0.3 is 5.97 Å². The van der Waals surface area contributed by atoms with Crippen molar-refractivity contribution >= 4 is 23.4 Å². The van der Waals surface area contributed by atoms with E-state index in [4.69, 9.17) is 5.11 Å². The number of benzene rings is 1. The molecule has 2 N–H and O–H groups in total. The smallest absolute Gasteiger partial charge is 0.336 e. The summed E-state index contributed by atoms with van der Waals surface area (Å²) in [5.74, 6) is 0.371. The summed E-state index contributed by atoms with van der Waals surface area (Å²) in [4.78, 5) is 11.1. The van der Waals surface area contributed by atoms with Gasteiger partial charge in [-0.15, -0.1) is 0 Å². The minimum absolute atomic E-state index is 0.385. The summed E-state index contributed by atoms with van der Waals surface area (Å²) < 4.78 is 0. The lowest BCUT2D eigenvalue weighted by atomic mass is 10.0. The van der Waals surface area contributed by atoms with Crippen LogP contribution in [0.2, 0.25) is 0 Å². The van der Waals surface area contributed by atoms with Gasteiger partial charge in [0.05, 0.1) is 5.56 Å². The zero-order valence-corrected chi connectivity index (χ0v) is 11.6. The van der Waals surface area contributed by atoms with E-state index in [2.05, 4.69) is 12.2 Å². The minimum atomic E-state index is -0.859. The van der Waals surface area contributed by atoms with Crippen LogP contribution >= 0.6 is 11.8 Å². The molecular weight excluding hydrogens is 246 g/mol. The lowest BCUT2D eigenvalue weighted by Crippen LogP contribution is -2.33. The SMILES string of the molecule is Cc1c(NC2CCCSC2C)cccc1C(=O)O. The van der Waals surface area contributed by atoms with Crippen molar-refractivity contribution in [1.82, 2.24) is 0 Å². The summed E-state index contributed by atoms with van der Waals surface area (Å²) in [5, 5.41) is 13.2. The van der Waals surface area contributed by atoms with Gasteiger partial charge in [0.25, 0.3) is 0 Å². The second-order valence-corrected chi connectivity index (χ2v) is 6.24. The van der Waals surface area contributed by atoms with Crippen molar-refractivity contribution in [2.24, 2.45) is 0 Å². The topological polar surface area (TPSA) is 49.3 Å². The maximum atomic E-state index is 11.1. The van der Waals surface area contributed by atoms with Crippen LogP contribution in [0.1, 0.15) is 35.7 Å². The number of hydrogen-bond acceptors (Lipinski definition) is 3. The average Bonchev–Trinajstić information content (AvgIpc) is 2.34. The van der Waals surface area contributed by atoms with E-state index in [-0.39, 0.29) is 0 Å². The predicted molar refractivity (Wildman–Crippen MR) is 76.7 cm³/mol. The molecule has 18 heavy (non-hydrogen) atoms. The van der Waals surface area contributed by atoms with Gasteiger partial charge in [-0.25, -0.2) is 4.79 Å². The fourth-order valence-electron chi connectivity index (χ4n) is 2.34. The molecule has 0 spiro atoms. The normalized spacial score (nSPS) is 23.7. The van der Waals surface area contributed by atoms with Crippen LogP contribution < -0.4 is 5.32 Å². The molecule has 1 aliphatic heterocycles. The van der Waals surface area contributed by atoms with Crippen molar-refractivity contribution < 1.29 is 9.90 Å². The van der Waals surface area contributed by atoms with E-state index < -0.39 is 5.97 Å². The molecule has 98 valence electrons. The van der Waals surface area contributed by atoms with Gasteiger partial charge in [0.1, 0.15) is 0 Å². The second kappa shape index (κ2) is 5.65. The van der Waals surface area contributed by atoms with Crippen LogP contribution in [-0.4, -0.2) is 28.1 Å². The Bertz CT molecular complexity index is 447. The summed E-state index contributed by atoms with van der Waals surface area (Å²) in [6.07, 6.45) is 2.38. The zero-order chi connectivity index (χ0) is 13.1. The molecule has 4 heteroatoms. The van der Waals surface area contributed by atoms with E-state index in [1.54, 1.807) is 12.1 Å². The van der Waals surface area contributed by atoms with E-state index in [9.17, 15) is 4.79 Å².